The Balaban J connectivity index is 2.20. The zero-order valence-electron chi connectivity index (χ0n) is 9.57. The molecule has 0 radical (unpaired) electrons. The number of nitrogens with one attached hydrogen (secondary N) is 1. The highest BCUT2D eigenvalue weighted by atomic mass is 35.5. The van der Waals surface area contributed by atoms with Gasteiger partial charge >= 0.3 is 0 Å². The fourth-order valence-electron chi connectivity index (χ4n) is 1.29. The Morgan fingerprint density at radius 1 is 1.35 bits per heavy atom. The van der Waals surface area contributed by atoms with Crippen LogP contribution in [0.5, 0.6) is 0 Å². The molecule has 1 N–H and O–H groups in total. The lowest BCUT2D eigenvalue weighted by atomic mass is 10.3. The Bertz CT molecular complexity index is 513. The minimum atomic E-state index is 0.457. The molecule has 0 aromatic carbocycles. The first-order valence-electron chi connectivity index (χ1n) is 5.27. The summed E-state index contributed by atoms with van der Waals surface area (Å²) in [5, 5.41) is 8.69. The second-order valence-corrected chi connectivity index (χ2v) is 4.88. The fraction of sp³-hybridized carbons (Fsp3) is 0.400. The van der Waals surface area contributed by atoms with E-state index in [4.69, 9.17) is 11.6 Å². The minimum absolute atomic E-state index is 0.457. The van der Waals surface area contributed by atoms with Crippen LogP contribution in [0.4, 0.5) is 0 Å². The van der Waals surface area contributed by atoms with Gasteiger partial charge in [0.25, 0.3) is 0 Å². The van der Waals surface area contributed by atoms with Crippen molar-refractivity contribution in [2.24, 2.45) is 0 Å². The lowest BCUT2D eigenvalue weighted by molar-refractivity contribution is 0.808. The van der Waals surface area contributed by atoms with Crippen molar-refractivity contribution < 1.29 is 0 Å². The first-order valence-corrected chi connectivity index (χ1v) is 6.47. The average Bonchev–Trinajstić information content (AvgIpc) is 2.63. The van der Waals surface area contributed by atoms with Crippen molar-refractivity contribution in [1.29, 1.82) is 0 Å². The van der Waals surface area contributed by atoms with Gasteiger partial charge in [0.1, 0.15) is 21.8 Å². The molecule has 0 aliphatic carbocycles. The molecule has 0 saturated heterocycles. The lowest BCUT2D eigenvalue weighted by Crippen LogP contribution is -1.96. The Morgan fingerprint density at radius 3 is 2.82 bits per heavy atom. The van der Waals surface area contributed by atoms with E-state index in [0.717, 1.165) is 29.5 Å². The number of rotatable bonds is 4. The molecule has 5 nitrogen and oxygen atoms in total. The average molecular weight is 270 g/mol. The summed E-state index contributed by atoms with van der Waals surface area (Å²) in [6.45, 7) is 3.93. The molecule has 0 bridgehead atoms. The predicted octanol–water partition coefficient (Wildman–Crippen LogP) is 2.66. The molecule has 0 aliphatic rings. The van der Waals surface area contributed by atoms with Gasteiger partial charge in [-0.25, -0.2) is 15.0 Å². The van der Waals surface area contributed by atoms with E-state index >= 15 is 0 Å². The normalized spacial score (nSPS) is 10.8. The number of hydrogen-bond acceptors (Lipinski definition) is 5. The Labute approximate surface area is 108 Å². The Kier molecular flexibility index (Phi) is 3.96. The highest BCUT2D eigenvalue weighted by Gasteiger charge is 2.07. The molecular formula is C10H12ClN5S. The summed E-state index contributed by atoms with van der Waals surface area (Å²) in [5.41, 5.74) is 0. The second-order valence-electron chi connectivity index (χ2n) is 3.50. The van der Waals surface area contributed by atoms with Crippen LogP contribution in [-0.4, -0.2) is 25.1 Å². The molecule has 90 valence electrons. The number of hydrogen-bond donors (Lipinski definition) is 1. The quantitative estimate of drug-likeness (QED) is 0.865. The van der Waals surface area contributed by atoms with E-state index in [2.05, 4.69) is 32.1 Å². The summed E-state index contributed by atoms with van der Waals surface area (Å²) in [7, 11) is 0. The Hall–Kier alpha value is -1.14. The van der Waals surface area contributed by atoms with Gasteiger partial charge in [0.05, 0.1) is 0 Å². The van der Waals surface area contributed by atoms with E-state index in [-0.39, 0.29) is 0 Å². The van der Waals surface area contributed by atoms with Gasteiger partial charge in [0.2, 0.25) is 5.16 Å². The second kappa shape index (κ2) is 5.46. The van der Waals surface area contributed by atoms with Crippen molar-refractivity contribution in [2.45, 2.75) is 36.9 Å². The van der Waals surface area contributed by atoms with Crippen LogP contribution < -0.4 is 0 Å². The molecule has 2 heterocycles. The van der Waals surface area contributed by atoms with Crippen LogP contribution in [0.25, 0.3) is 0 Å². The van der Waals surface area contributed by atoms with Crippen LogP contribution in [0.1, 0.15) is 25.0 Å². The van der Waals surface area contributed by atoms with Gasteiger partial charge in [-0.3, -0.25) is 5.10 Å². The van der Waals surface area contributed by atoms with Crippen molar-refractivity contribution in [2.75, 3.05) is 0 Å². The first kappa shape index (κ1) is 12.3. The maximum atomic E-state index is 5.94. The van der Waals surface area contributed by atoms with E-state index in [1.54, 1.807) is 6.07 Å². The molecule has 2 aromatic heterocycles. The molecule has 0 saturated carbocycles. The number of nitrogens with zero attached hydrogens (tertiary/aromatic N) is 4. The molecule has 0 aliphatic heterocycles. The van der Waals surface area contributed by atoms with Gasteiger partial charge in [-0.1, -0.05) is 18.5 Å². The standard InChI is InChI=1S/C10H12ClN5S/c1-3-4-8-13-7(11)5-9(14-8)17-10-12-6(2)15-16-10/h5H,3-4H2,1-2H3,(H,12,15,16). The number of aromatic nitrogens is 5. The van der Waals surface area contributed by atoms with Crippen LogP contribution in [0.15, 0.2) is 16.2 Å². The van der Waals surface area contributed by atoms with Crippen LogP contribution in [0.3, 0.4) is 0 Å². The molecule has 17 heavy (non-hydrogen) atoms. The topological polar surface area (TPSA) is 67.3 Å². The maximum absolute atomic E-state index is 5.94. The van der Waals surface area contributed by atoms with Crippen molar-refractivity contribution in [3.8, 4) is 0 Å². The van der Waals surface area contributed by atoms with Crippen LogP contribution >= 0.6 is 23.4 Å². The molecule has 0 unspecified atom stereocenters. The SMILES string of the molecule is CCCc1nc(Cl)cc(Sc2n[nH]c(C)n2)n1. The highest BCUT2D eigenvalue weighted by Crippen LogP contribution is 2.24. The van der Waals surface area contributed by atoms with Crippen molar-refractivity contribution >= 4 is 23.4 Å². The molecular weight excluding hydrogens is 258 g/mol. The third-order valence-electron chi connectivity index (χ3n) is 1.96. The van der Waals surface area contributed by atoms with Gasteiger partial charge in [0.15, 0.2) is 0 Å². The van der Waals surface area contributed by atoms with E-state index < -0.39 is 0 Å². The number of halogens is 1. The highest BCUT2D eigenvalue weighted by molar-refractivity contribution is 7.99. The van der Waals surface area contributed by atoms with Gasteiger partial charge in [0, 0.05) is 12.5 Å². The summed E-state index contributed by atoms with van der Waals surface area (Å²) < 4.78 is 0. The van der Waals surface area contributed by atoms with Crippen LogP contribution in [0.2, 0.25) is 5.15 Å². The van der Waals surface area contributed by atoms with Crippen LogP contribution in [0, 0.1) is 6.92 Å². The molecule has 0 atom stereocenters. The summed E-state index contributed by atoms with van der Waals surface area (Å²) in [4.78, 5) is 12.8. The van der Waals surface area contributed by atoms with Crippen LogP contribution in [-0.2, 0) is 6.42 Å². The fourth-order valence-corrected chi connectivity index (χ4v) is 2.34. The van der Waals surface area contributed by atoms with E-state index in [1.807, 2.05) is 6.92 Å². The van der Waals surface area contributed by atoms with E-state index in [0.29, 0.717) is 10.3 Å². The molecule has 0 fully saturated rings. The van der Waals surface area contributed by atoms with Gasteiger partial charge in [-0.15, -0.1) is 5.10 Å². The molecule has 2 aromatic rings. The zero-order chi connectivity index (χ0) is 12.3. The maximum Gasteiger partial charge on any atom is 0.214 e. The number of aryl methyl sites for hydroxylation is 2. The summed E-state index contributed by atoms with van der Waals surface area (Å²) >= 11 is 7.32. The molecule has 0 amide bonds. The monoisotopic (exact) mass is 269 g/mol. The molecule has 0 spiro atoms. The van der Waals surface area contributed by atoms with Crippen molar-refractivity contribution in [3.63, 3.8) is 0 Å². The Morgan fingerprint density at radius 2 is 2.18 bits per heavy atom. The largest absolute Gasteiger partial charge is 0.262 e. The van der Waals surface area contributed by atoms with Crippen molar-refractivity contribution in [1.82, 2.24) is 25.1 Å². The predicted molar refractivity (Wildman–Crippen MR) is 66.3 cm³/mol. The zero-order valence-corrected chi connectivity index (χ0v) is 11.1. The third kappa shape index (κ3) is 3.41. The van der Waals surface area contributed by atoms with Gasteiger partial charge in [-0.2, -0.15) is 0 Å². The lowest BCUT2D eigenvalue weighted by Gasteiger charge is -2.01. The van der Waals surface area contributed by atoms with E-state index in [9.17, 15) is 0 Å². The summed E-state index contributed by atoms with van der Waals surface area (Å²) in [6, 6.07) is 1.72. The number of aromatic amines is 1. The van der Waals surface area contributed by atoms with Gasteiger partial charge in [-0.05, 0) is 25.1 Å². The van der Waals surface area contributed by atoms with Crippen molar-refractivity contribution in [3.05, 3.63) is 22.9 Å². The van der Waals surface area contributed by atoms with Gasteiger partial charge < -0.3 is 0 Å². The third-order valence-corrected chi connectivity index (χ3v) is 2.94. The first-order chi connectivity index (χ1) is 8.17. The smallest absolute Gasteiger partial charge is 0.214 e. The summed E-state index contributed by atoms with van der Waals surface area (Å²) in [5.74, 6) is 1.54. The van der Waals surface area contributed by atoms with E-state index in [1.165, 1.54) is 11.8 Å². The molecule has 7 heteroatoms. The minimum Gasteiger partial charge on any atom is -0.262 e. The summed E-state index contributed by atoms with van der Waals surface area (Å²) in [6.07, 6.45) is 1.81. The number of H-pyrrole nitrogens is 1. The molecule has 2 rings (SSSR count).